The molecule has 2 unspecified atom stereocenters. The third kappa shape index (κ3) is 6.37. The molecular weight excluding hydrogens is 535 g/mol. The first-order valence-electron chi connectivity index (χ1n) is 15.0. The number of aromatic nitrogens is 2. The number of amides is 1. The summed E-state index contributed by atoms with van der Waals surface area (Å²) in [6.45, 7) is 1.79. The number of rotatable bonds is 7. The number of carbonyl (C=O) groups excluding carboxylic acids is 1. The van der Waals surface area contributed by atoms with Crippen molar-refractivity contribution in [2.45, 2.75) is 64.1 Å². The summed E-state index contributed by atoms with van der Waals surface area (Å²) in [6.07, 6.45) is 10.4. The fourth-order valence-electron chi connectivity index (χ4n) is 6.77. The van der Waals surface area contributed by atoms with Gasteiger partial charge in [-0.3, -0.25) is 10.2 Å². The predicted molar refractivity (Wildman–Crippen MR) is 161 cm³/mol. The molecule has 0 spiro atoms. The van der Waals surface area contributed by atoms with Gasteiger partial charge >= 0.3 is 6.09 Å². The van der Waals surface area contributed by atoms with Gasteiger partial charge in [0.25, 0.3) is 0 Å². The quantitative estimate of drug-likeness (QED) is 0.279. The maximum absolute atomic E-state index is 13.6. The number of benzene rings is 2. The molecule has 42 heavy (non-hydrogen) atoms. The second-order valence-corrected chi connectivity index (χ2v) is 11.6. The van der Waals surface area contributed by atoms with Gasteiger partial charge in [-0.1, -0.05) is 36.6 Å². The lowest BCUT2D eigenvalue weighted by atomic mass is 9.71. The zero-order valence-corrected chi connectivity index (χ0v) is 24.1. The van der Waals surface area contributed by atoms with Gasteiger partial charge in [-0.2, -0.15) is 0 Å². The number of carbonyl (C=O) groups is 1. The number of ether oxygens (including phenoxy) is 2. The molecule has 2 aliphatic carbocycles. The minimum absolute atomic E-state index is 0.0164. The largest absolute Gasteiger partial charge is 0.492 e. The molecule has 1 amide bonds. The molecular formula is C33H39FN4O4. The topological polar surface area (TPSA) is 99.7 Å². The first kappa shape index (κ1) is 28.4. The second kappa shape index (κ2) is 12.7. The summed E-state index contributed by atoms with van der Waals surface area (Å²) in [7, 11) is 1.31. The Balaban J connectivity index is 1.13. The SMILES string of the molecule is COC(=O)Nc1nc2ccc(-c3ccc4c(c3)CN(C(O)CC[C@@H]3CCCCC3C3=CC=C(F)CC3)CCO4)cc2[nH]1. The highest BCUT2D eigenvalue weighted by molar-refractivity contribution is 5.88. The number of aromatic amines is 1. The Morgan fingerprint density at radius 1 is 1.19 bits per heavy atom. The van der Waals surface area contributed by atoms with E-state index in [2.05, 4.69) is 31.0 Å². The normalized spacial score (nSPS) is 21.9. The van der Waals surface area contributed by atoms with Crippen molar-refractivity contribution in [1.29, 1.82) is 0 Å². The van der Waals surface area contributed by atoms with Crippen molar-refractivity contribution in [3.05, 3.63) is 65.5 Å². The molecule has 3 aliphatic rings. The highest BCUT2D eigenvalue weighted by Crippen LogP contribution is 2.41. The molecule has 0 radical (unpaired) electrons. The molecule has 222 valence electrons. The van der Waals surface area contributed by atoms with Gasteiger partial charge in [0.1, 0.15) is 24.4 Å². The summed E-state index contributed by atoms with van der Waals surface area (Å²) in [5.74, 6) is 2.20. The Morgan fingerprint density at radius 3 is 2.86 bits per heavy atom. The zero-order valence-electron chi connectivity index (χ0n) is 24.1. The molecule has 3 atom stereocenters. The van der Waals surface area contributed by atoms with Gasteiger partial charge < -0.3 is 19.6 Å². The van der Waals surface area contributed by atoms with E-state index in [-0.39, 0.29) is 5.83 Å². The van der Waals surface area contributed by atoms with Crippen LogP contribution in [0.1, 0.15) is 56.9 Å². The van der Waals surface area contributed by atoms with Crippen molar-refractivity contribution < 1.29 is 23.8 Å². The molecule has 0 saturated heterocycles. The molecule has 3 aromatic rings. The Labute approximate surface area is 245 Å². The lowest BCUT2D eigenvalue weighted by Gasteiger charge is -2.35. The molecule has 8 nitrogen and oxygen atoms in total. The van der Waals surface area contributed by atoms with E-state index in [1.54, 1.807) is 6.08 Å². The minimum atomic E-state index is -0.582. The number of hydrogen-bond donors (Lipinski definition) is 3. The van der Waals surface area contributed by atoms with Crippen LogP contribution in [-0.4, -0.2) is 52.6 Å². The van der Waals surface area contributed by atoms with Crippen molar-refractivity contribution in [1.82, 2.24) is 14.9 Å². The van der Waals surface area contributed by atoms with Gasteiger partial charge in [0.05, 0.1) is 18.1 Å². The third-order valence-corrected chi connectivity index (χ3v) is 9.02. The van der Waals surface area contributed by atoms with Crippen molar-refractivity contribution in [2.24, 2.45) is 11.8 Å². The Hall–Kier alpha value is -3.69. The van der Waals surface area contributed by atoms with Crippen LogP contribution in [0.2, 0.25) is 0 Å². The second-order valence-electron chi connectivity index (χ2n) is 11.6. The number of halogens is 1. The van der Waals surface area contributed by atoms with Crippen LogP contribution >= 0.6 is 0 Å². The molecule has 9 heteroatoms. The van der Waals surface area contributed by atoms with Crippen molar-refractivity contribution in [2.75, 3.05) is 25.6 Å². The van der Waals surface area contributed by atoms with Gasteiger partial charge in [0.2, 0.25) is 5.95 Å². The van der Waals surface area contributed by atoms with Crippen LogP contribution in [0, 0.1) is 11.8 Å². The fraction of sp³-hybridized carbons (Fsp3) is 0.455. The van der Waals surface area contributed by atoms with Crippen LogP contribution in [-0.2, 0) is 11.3 Å². The van der Waals surface area contributed by atoms with Gasteiger partial charge in [-0.15, -0.1) is 0 Å². The smallest absolute Gasteiger partial charge is 0.413 e. The van der Waals surface area contributed by atoms with Crippen LogP contribution in [0.5, 0.6) is 5.75 Å². The molecule has 1 aliphatic heterocycles. The molecule has 1 saturated carbocycles. The van der Waals surface area contributed by atoms with E-state index in [0.717, 1.165) is 46.3 Å². The number of imidazole rings is 1. The number of nitrogens with one attached hydrogen (secondary N) is 2. The number of H-pyrrole nitrogens is 1. The average molecular weight is 575 g/mol. The lowest BCUT2D eigenvalue weighted by Crippen LogP contribution is -2.37. The number of aliphatic hydroxyl groups is 1. The van der Waals surface area contributed by atoms with Gasteiger partial charge in [-0.05, 0) is 85.4 Å². The summed E-state index contributed by atoms with van der Waals surface area (Å²) < 4.78 is 24.3. The number of nitrogens with zero attached hydrogens (tertiary/aromatic N) is 2. The number of hydrogen-bond acceptors (Lipinski definition) is 6. The molecule has 3 N–H and O–H groups in total. The standard InChI is InChI=1S/C33H39FN4O4/c1-41-33(40)37-32-35-28-13-8-24(19-29(28)36-32)23-9-14-30-25(18-23)20-38(16-17-42-30)31(39)15-10-21-4-2-3-5-27(21)22-6-11-26(34)12-7-22/h6,8-9,11,13-14,18-19,21,27,31,39H,2-5,7,10,12,15-17,20H2,1H3,(H2,35,36,37,40)/t21-,27?,31?/m0/s1. The van der Waals surface area contributed by atoms with E-state index in [4.69, 9.17) is 4.74 Å². The van der Waals surface area contributed by atoms with Crippen molar-refractivity contribution in [3.63, 3.8) is 0 Å². The number of methoxy groups -OCH3 is 1. The van der Waals surface area contributed by atoms with E-state index >= 15 is 0 Å². The summed E-state index contributed by atoms with van der Waals surface area (Å²) in [6, 6.07) is 12.1. The van der Waals surface area contributed by atoms with E-state index in [1.807, 2.05) is 36.4 Å². The van der Waals surface area contributed by atoms with Gasteiger partial charge in [0.15, 0.2) is 0 Å². The Kier molecular flexibility index (Phi) is 8.58. The Bertz CT molecular complexity index is 1500. The molecule has 2 aromatic carbocycles. The summed E-state index contributed by atoms with van der Waals surface area (Å²) in [4.78, 5) is 21.2. The number of aliphatic hydroxyl groups excluding tert-OH is 1. The first-order chi connectivity index (χ1) is 20.5. The van der Waals surface area contributed by atoms with Crippen LogP contribution in [0.3, 0.4) is 0 Å². The summed E-state index contributed by atoms with van der Waals surface area (Å²) >= 11 is 0. The zero-order chi connectivity index (χ0) is 29.1. The molecule has 0 bridgehead atoms. The van der Waals surface area contributed by atoms with E-state index in [0.29, 0.717) is 50.3 Å². The number of allylic oxidation sites excluding steroid dienone is 4. The van der Waals surface area contributed by atoms with Crippen LogP contribution in [0.4, 0.5) is 15.1 Å². The third-order valence-electron chi connectivity index (χ3n) is 9.02. The molecule has 6 rings (SSSR count). The maximum atomic E-state index is 13.6. The van der Waals surface area contributed by atoms with Gasteiger partial charge in [-0.25, -0.2) is 14.2 Å². The first-order valence-corrected chi connectivity index (χ1v) is 15.0. The Morgan fingerprint density at radius 2 is 2.02 bits per heavy atom. The highest BCUT2D eigenvalue weighted by Gasteiger charge is 2.30. The van der Waals surface area contributed by atoms with Crippen molar-refractivity contribution in [3.8, 4) is 16.9 Å². The van der Waals surface area contributed by atoms with E-state index < -0.39 is 12.3 Å². The van der Waals surface area contributed by atoms with Gasteiger partial charge in [0, 0.05) is 25.1 Å². The van der Waals surface area contributed by atoms with Crippen LogP contribution in [0.25, 0.3) is 22.2 Å². The fourth-order valence-corrected chi connectivity index (χ4v) is 6.77. The van der Waals surface area contributed by atoms with Crippen LogP contribution < -0.4 is 10.1 Å². The molecule has 1 aromatic heterocycles. The lowest BCUT2D eigenvalue weighted by molar-refractivity contribution is -0.0164. The van der Waals surface area contributed by atoms with E-state index in [1.165, 1.54) is 38.4 Å². The molecule has 2 heterocycles. The van der Waals surface area contributed by atoms with Crippen LogP contribution in [0.15, 0.2) is 60.0 Å². The van der Waals surface area contributed by atoms with E-state index in [9.17, 15) is 14.3 Å². The predicted octanol–water partition coefficient (Wildman–Crippen LogP) is 7.08. The highest BCUT2D eigenvalue weighted by atomic mass is 19.1. The van der Waals surface area contributed by atoms with Crippen molar-refractivity contribution >= 4 is 23.1 Å². The minimum Gasteiger partial charge on any atom is -0.492 e. The monoisotopic (exact) mass is 574 g/mol. The number of fused-ring (bicyclic) bond motifs is 2. The average Bonchev–Trinajstić information content (AvgIpc) is 3.28. The summed E-state index contributed by atoms with van der Waals surface area (Å²) in [5.41, 5.74) is 6.01. The maximum Gasteiger partial charge on any atom is 0.413 e. The summed E-state index contributed by atoms with van der Waals surface area (Å²) in [5, 5.41) is 13.9. The molecule has 1 fully saturated rings. The number of anilines is 1.